The van der Waals surface area contributed by atoms with Gasteiger partial charge < -0.3 is 9.40 Å². The number of benzene rings is 1. The highest BCUT2D eigenvalue weighted by molar-refractivity contribution is 6.15. The maximum absolute atomic E-state index is 12.2. The van der Waals surface area contributed by atoms with Gasteiger partial charge in [-0.05, 0) is 24.6 Å². The van der Waals surface area contributed by atoms with Crippen LogP contribution in [0.3, 0.4) is 0 Å². The summed E-state index contributed by atoms with van der Waals surface area (Å²) in [4.78, 5) is 15.3. The monoisotopic (exact) mass is 225 g/mol. The Morgan fingerprint density at radius 3 is 2.88 bits per heavy atom. The van der Waals surface area contributed by atoms with Gasteiger partial charge in [0.15, 0.2) is 5.76 Å². The molecule has 0 saturated heterocycles. The predicted octanol–water partition coefficient (Wildman–Crippen LogP) is 3.30. The van der Waals surface area contributed by atoms with E-state index >= 15 is 0 Å². The molecule has 3 aromatic rings. The molecule has 0 amide bonds. The number of aromatic nitrogens is 1. The Bertz CT molecular complexity index is 677. The van der Waals surface area contributed by atoms with Crippen LogP contribution in [-0.2, 0) is 0 Å². The molecule has 0 atom stereocenters. The van der Waals surface area contributed by atoms with Gasteiger partial charge in [0.1, 0.15) is 0 Å². The molecule has 0 unspecified atom stereocenters. The second-order valence-corrected chi connectivity index (χ2v) is 4.01. The third kappa shape index (κ3) is 1.47. The standard InChI is InChI=1S/C14H11NO2/c1-9-4-2-5-10-11(8-15-13(9)10)14(16)12-6-3-7-17-12/h2-8,15H,1H3. The van der Waals surface area contributed by atoms with Gasteiger partial charge in [-0.15, -0.1) is 0 Å². The molecule has 0 fully saturated rings. The molecule has 1 N–H and O–H groups in total. The summed E-state index contributed by atoms with van der Waals surface area (Å²) in [6.07, 6.45) is 3.25. The first-order chi connectivity index (χ1) is 8.27. The number of carbonyl (C=O) groups is 1. The van der Waals surface area contributed by atoms with E-state index in [1.807, 2.05) is 25.1 Å². The third-order valence-corrected chi connectivity index (χ3v) is 2.91. The zero-order valence-electron chi connectivity index (χ0n) is 9.36. The lowest BCUT2D eigenvalue weighted by atomic mass is 10.1. The fraction of sp³-hybridized carbons (Fsp3) is 0.0714. The molecule has 2 aromatic heterocycles. The Balaban J connectivity index is 2.19. The van der Waals surface area contributed by atoms with Crippen molar-refractivity contribution in [3.05, 3.63) is 59.7 Å². The van der Waals surface area contributed by atoms with E-state index in [9.17, 15) is 4.79 Å². The Hall–Kier alpha value is -2.29. The predicted molar refractivity (Wildman–Crippen MR) is 65.2 cm³/mol. The first-order valence-electron chi connectivity index (χ1n) is 5.42. The van der Waals surface area contributed by atoms with Gasteiger partial charge in [0.2, 0.25) is 5.78 Å². The fourth-order valence-corrected chi connectivity index (χ4v) is 2.03. The number of aromatic amines is 1. The highest BCUT2D eigenvalue weighted by Gasteiger charge is 2.16. The molecule has 1 aromatic carbocycles. The highest BCUT2D eigenvalue weighted by Crippen LogP contribution is 2.23. The zero-order chi connectivity index (χ0) is 11.8. The van der Waals surface area contributed by atoms with Gasteiger partial charge in [-0.25, -0.2) is 0 Å². The van der Waals surface area contributed by atoms with Gasteiger partial charge in [-0.3, -0.25) is 4.79 Å². The summed E-state index contributed by atoms with van der Waals surface area (Å²) in [6, 6.07) is 9.30. The van der Waals surface area contributed by atoms with Crippen molar-refractivity contribution in [3.8, 4) is 0 Å². The fourth-order valence-electron chi connectivity index (χ4n) is 2.03. The maximum Gasteiger partial charge on any atom is 0.230 e. The molecule has 3 rings (SSSR count). The van der Waals surface area contributed by atoms with E-state index in [2.05, 4.69) is 4.98 Å². The van der Waals surface area contributed by atoms with Gasteiger partial charge in [0.05, 0.1) is 11.8 Å². The van der Waals surface area contributed by atoms with Crippen molar-refractivity contribution in [1.82, 2.24) is 4.98 Å². The first-order valence-corrected chi connectivity index (χ1v) is 5.42. The number of fused-ring (bicyclic) bond motifs is 1. The average molecular weight is 225 g/mol. The molecule has 0 saturated carbocycles. The lowest BCUT2D eigenvalue weighted by molar-refractivity contribution is 0.101. The quantitative estimate of drug-likeness (QED) is 0.680. The SMILES string of the molecule is Cc1cccc2c(C(=O)c3ccco3)c[nH]c12. The third-order valence-electron chi connectivity index (χ3n) is 2.91. The molecule has 84 valence electrons. The van der Waals surface area contributed by atoms with Crippen LogP contribution in [0.15, 0.2) is 47.2 Å². The number of para-hydroxylation sites is 1. The van der Waals surface area contributed by atoms with Crippen molar-refractivity contribution in [1.29, 1.82) is 0 Å². The number of aryl methyl sites for hydroxylation is 1. The Morgan fingerprint density at radius 2 is 2.12 bits per heavy atom. The van der Waals surface area contributed by atoms with Crippen LogP contribution < -0.4 is 0 Å². The summed E-state index contributed by atoms with van der Waals surface area (Å²) in [5.41, 5.74) is 2.78. The summed E-state index contributed by atoms with van der Waals surface area (Å²) >= 11 is 0. The number of H-pyrrole nitrogens is 1. The maximum atomic E-state index is 12.2. The minimum absolute atomic E-state index is 0.0909. The average Bonchev–Trinajstić information content (AvgIpc) is 2.98. The molecule has 17 heavy (non-hydrogen) atoms. The van der Waals surface area contributed by atoms with Crippen molar-refractivity contribution >= 4 is 16.7 Å². The van der Waals surface area contributed by atoms with Crippen LogP contribution >= 0.6 is 0 Å². The smallest absolute Gasteiger partial charge is 0.230 e. The topological polar surface area (TPSA) is 46.0 Å². The van der Waals surface area contributed by atoms with Gasteiger partial charge >= 0.3 is 0 Å². The molecular formula is C14H11NO2. The van der Waals surface area contributed by atoms with E-state index in [4.69, 9.17) is 4.42 Å². The molecule has 0 bridgehead atoms. The van der Waals surface area contributed by atoms with Crippen molar-refractivity contribution in [2.45, 2.75) is 6.92 Å². The van der Waals surface area contributed by atoms with E-state index < -0.39 is 0 Å². The van der Waals surface area contributed by atoms with Gasteiger partial charge in [-0.2, -0.15) is 0 Å². The number of hydrogen-bond donors (Lipinski definition) is 1. The molecule has 2 heterocycles. The van der Waals surface area contributed by atoms with E-state index in [-0.39, 0.29) is 5.78 Å². The van der Waals surface area contributed by atoms with E-state index in [1.165, 1.54) is 6.26 Å². The molecular weight excluding hydrogens is 214 g/mol. The van der Waals surface area contributed by atoms with Gasteiger partial charge in [-0.1, -0.05) is 18.2 Å². The van der Waals surface area contributed by atoms with E-state index in [0.717, 1.165) is 16.5 Å². The number of rotatable bonds is 2. The minimum Gasteiger partial charge on any atom is -0.461 e. The van der Waals surface area contributed by atoms with Crippen LogP contribution in [0.5, 0.6) is 0 Å². The van der Waals surface area contributed by atoms with Crippen LogP contribution in [0, 0.1) is 6.92 Å². The second kappa shape index (κ2) is 3.63. The van der Waals surface area contributed by atoms with E-state index in [0.29, 0.717) is 11.3 Å². The highest BCUT2D eigenvalue weighted by atomic mass is 16.3. The first kappa shape index (κ1) is 9.90. The Labute approximate surface area is 98.1 Å². The molecule has 0 aliphatic rings. The summed E-state index contributed by atoms with van der Waals surface area (Å²) < 4.78 is 5.13. The zero-order valence-corrected chi connectivity index (χ0v) is 9.36. The largest absolute Gasteiger partial charge is 0.461 e. The van der Waals surface area contributed by atoms with E-state index in [1.54, 1.807) is 18.3 Å². The van der Waals surface area contributed by atoms with Crippen molar-refractivity contribution in [2.75, 3.05) is 0 Å². The van der Waals surface area contributed by atoms with Crippen LogP contribution in [0.25, 0.3) is 10.9 Å². The number of furan rings is 1. The summed E-state index contributed by atoms with van der Waals surface area (Å²) in [6.45, 7) is 2.01. The number of hydrogen-bond acceptors (Lipinski definition) is 2. The van der Waals surface area contributed by atoms with Crippen molar-refractivity contribution < 1.29 is 9.21 Å². The van der Waals surface area contributed by atoms with Crippen LogP contribution in [0.1, 0.15) is 21.7 Å². The summed E-state index contributed by atoms with van der Waals surface area (Å²) in [7, 11) is 0. The lowest BCUT2D eigenvalue weighted by Crippen LogP contribution is -1.97. The summed E-state index contributed by atoms with van der Waals surface area (Å²) in [5.74, 6) is 0.277. The minimum atomic E-state index is -0.0909. The van der Waals surface area contributed by atoms with Crippen LogP contribution in [-0.4, -0.2) is 10.8 Å². The number of ketones is 1. The van der Waals surface area contributed by atoms with Crippen LogP contribution in [0.4, 0.5) is 0 Å². The van der Waals surface area contributed by atoms with Gasteiger partial charge in [0.25, 0.3) is 0 Å². The summed E-state index contributed by atoms with van der Waals surface area (Å²) in [5, 5.41) is 0.936. The second-order valence-electron chi connectivity index (χ2n) is 4.01. The Kier molecular flexibility index (Phi) is 2.11. The van der Waals surface area contributed by atoms with Crippen molar-refractivity contribution in [2.24, 2.45) is 0 Å². The normalized spacial score (nSPS) is 10.9. The molecule has 0 radical (unpaired) electrons. The number of carbonyl (C=O) groups excluding carboxylic acids is 1. The van der Waals surface area contributed by atoms with Crippen molar-refractivity contribution in [3.63, 3.8) is 0 Å². The molecule has 3 heteroatoms. The van der Waals surface area contributed by atoms with Crippen LogP contribution in [0.2, 0.25) is 0 Å². The van der Waals surface area contributed by atoms with Gasteiger partial charge in [0, 0.05) is 17.1 Å². The molecule has 0 aliphatic carbocycles. The molecule has 0 aliphatic heterocycles. The molecule has 0 spiro atoms. The Morgan fingerprint density at radius 1 is 1.24 bits per heavy atom. The number of nitrogens with one attached hydrogen (secondary N) is 1. The lowest BCUT2D eigenvalue weighted by Gasteiger charge is -1.97. The molecule has 3 nitrogen and oxygen atoms in total.